The number of nitrogens with one attached hydrogen (secondary N) is 1. The highest BCUT2D eigenvalue weighted by atomic mass is 32.2. The molecule has 2 unspecified atom stereocenters. The number of thioether (sulfide) groups is 1. The third kappa shape index (κ3) is 4.90. The summed E-state index contributed by atoms with van der Waals surface area (Å²) >= 11 is 1.90. The van der Waals surface area contributed by atoms with Crippen molar-refractivity contribution in [2.24, 2.45) is 16.8 Å². The van der Waals surface area contributed by atoms with E-state index in [0.717, 1.165) is 17.6 Å². The monoisotopic (exact) mass is 256 g/mol. The zero-order valence-electron chi connectivity index (χ0n) is 12.0. The Hall–Kier alpha value is -0.180. The molecule has 0 aromatic heterocycles. The molecule has 100 valence electrons. The van der Waals surface area contributed by atoms with Gasteiger partial charge in [-0.15, -0.1) is 0 Å². The minimum atomic E-state index is 0.538. The van der Waals surface area contributed by atoms with Crippen LogP contribution in [0.15, 0.2) is 4.99 Å². The van der Waals surface area contributed by atoms with Gasteiger partial charge in [0.15, 0.2) is 5.17 Å². The van der Waals surface area contributed by atoms with Crippen molar-refractivity contribution < 1.29 is 0 Å². The first-order valence-electron chi connectivity index (χ1n) is 7.03. The molecule has 3 heteroatoms. The Morgan fingerprint density at radius 3 is 2.47 bits per heavy atom. The van der Waals surface area contributed by atoms with Crippen molar-refractivity contribution in [3.05, 3.63) is 0 Å². The first-order valence-corrected chi connectivity index (χ1v) is 8.02. The van der Waals surface area contributed by atoms with Crippen molar-refractivity contribution in [1.82, 2.24) is 5.32 Å². The van der Waals surface area contributed by atoms with E-state index in [1.807, 2.05) is 11.8 Å². The second-order valence-corrected chi connectivity index (χ2v) is 6.55. The summed E-state index contributed by atoms with van der Waals surface area (Å²) in [7, 11) is 0. The van der Waals surface area contributed by atoms with E-state index in [1.165, 1.54) is 24.4 Å². The van der Waals surface area contributed by atoms with Crippen LogP contribution in [0.2, 0.25) is 0 Å². The Bertz CT molecular complexity index is 247. The molecular weight excluding hydrogens is 228 g/mol. The van der Waals surface area contributed by atoms with Crippen LogP contribution in [0.25, 0.3) is 0 Å². The summed E-state index contributed by atoms with van der Waals surface area (Å²) in [4.78, 5) is 4.79. The minimum absolute atomic E-state index is 0.538. The Kier molecular flexibility index (Phi) is 6.39. The number of hydrogen-bond donors (Lipinski definition) is 1. The summed E-state index contributed by atoms with van der Waals surface area (Å²) in [6, 6.07) is 1.09. The van der Waals surface area contributed by atoms with Gasteiger partial charge in [0.05, 0.1) is 6.04 Å². The average molecular weight is 256 g/mol. The highest BCUT2D eigenvalue weighted by Crippen LogP contribution is 2.23. The highest BCUT2D eigenvalue weighted by Gasteiger charge is 2.22. The van der Waals surface area contributed by atoms with Crippen LogP contribution < -0.4 is 5.32 Å². The van der Waals surface area contributed by atoms with Crippen molar-refractivity contribution in [2.75, 3.05) is 5.75 Å². The maximum Gasteiger partial charge on any atom is 0.157 e. The molecule has 1 N–H and O–H groups in total. The van der Waals surface area contributed by atoms with Gasteiger partial charge in [-0.2, -0.15) is 0 Å². The quantitative estimate of drug-likeness (QED) is 0.779. The van der Waals surface area contributed by atoms with Crippen LogP contribution in [0, 0.1) is 11.8 Å². The molecule has 0 saturated heterocycles. The van der Waals surface area contributed by atoms with E-state index < -0.39 is 0 Å². The fourth-order valence-electron chi connectivity index (χ4n) is 2.47. The molecule has 1 aliphatic rings. The SMILES string of the molecule is CCC(CC)C(C)NC1=NC(CC(C)C)CS1. The maximum absolute atomic E-state index is 4.79. The molecule has 1 rings (SSSR count). The van der Waals surface area contributed by atoms with Crippen LogP contribution in [0.4, 0.5) is 0 Å². The number of nitrogens with zero attached hydrogens (tertiary/aromatic N) is 1. The summed E-state index contributed by atoms with van der Waals surface area (Å²) in [5.74, 6) is 2.68. The van der Waals surface area contributed by atoms with Crippen LogP contribution in [0.1, 0.15) is 53.9 Å². The minimum Gasteiger partial charge on any atom is -0.362 e. The summed E-state index contributed by atoms with van der Waals surface area (Å²) < 4.78 is 0. The van der Waals surface area contributed by atoms with Crippen molar-refractivity contribution in [3.63, 3.8) is 0 Å². The third-order valence-electron chi connectivity index (χ3n) is 3.56. The van der Waals surface area contributed by atoms with E-state index in [1.54, 1.807) is 0 Å². The van der Waals surface area contributed by atoms with E-state index in [0.29, 0.717) is 12.1 Å². The maximum atomic E-state index is 4.79. The molecule has 2 nitrogen and oxygen atoms in total. The predicted molar refractivity (Wildman–Crippen MR) is 79.8 cm³/mol. The van der Waals surface area contributed by atoms with Gasteiger partial charge in [0.2, 0.25) is 0 Å². The molecule has 0 aromatic rings. The standard InChI is InChI=1S/C14H28N2S/c1-6-12(7-2)11(5)15-14-16-13(9-17-14)8-10(3)4/h10-13H,6-9H2,1-5H3,(H,15,16). The second kappa shape index (κ2) is 7.30. The molecular formula is C14H28N2S. The van der Waals surface area contributed by atoms with Crippen LogP contribution in [-0.4, -0.2) is 23.0 Å². The lowest BCUT2D eigenvalue weighted by Gasteiger charge is -2.22. The summed E-state index contributed by atoms with van der Waals surface area (Å²) in [6.45, 7) is 11.4. The fraction of sp³-hybridized carbons (Fsp3) is 0.929. The average Bonchev–Trinajstić information content (AvgIpc) is 2.66. The third-order valence-corrected chi connectivity index (χ3v) is 4.61. The number of aliphatic imine (C=N–C) groups is 1. The van der Waals surface area contributed by atoms with Gasteiger partial charge in [-0.25, -0.2) is 0 Å². The van der Waals surface area contributed by atoms with Crippen LogP contribution in [-0.2, 0) is 0 Å². The number of hydrogen-bond acceptors (Lipinski definition) is 3. The van der Waals surface area contributed by atoms with E-state index in [-0.39, 0.29) is 0 Å². The van der Waals surface area contributed by atoms with E-state index in [2.05, 4.69) is 39.9 Å². The molecule has 0 aromatic carbocycles. The van der Waals surface area contributed by atoms with E-state index in [9.17, 15) is 0 Å². The Balaban J connectivity index is 2.42. The lowest BCUT2D eigenvalue weighted by atomic mass is 9.96. The summed E-state index contributed by atoms with van der Waals surface area (Å²) in [6.07, 6.45) is 3.72. The molecule has 0 spiro atoms. The van der Waals surface area contributed by atoms with E-state index >= 15 is 0 Å². The van der Waals surface area contributed by atoms with Gasteiger partial charge < -0.3 is 5.32 Å². The van der Waals surface area contributed by atoms with Crippen LogP contribution in [0.3, 0.4) is 0 Å². The molecule has 1 aliphatic heterocycles. The van der Waals surface area contributed by atoms with Gasteiger partial charge in [0.25, 0.3) is 0 Å². The number of rotatable bonds is 6. The van der Waals surface area contributed by atoms with Crippen LogP contribution in [0.5, 0.6) is 0 Å². The van der Waals surface area contributed by atoms with E-state index in [4.69, 9.17) is 4.99 Å². The molecule has 0 aliphatic carbocycles. The van der Waals surface area contributed by atoms with Gasteiger partial charge in [-0.3, -0.25) is 4.99 Å². The van der Waals surface area contributed by atoms with Gasteiger partial charge in [0.1, 0.15) is 0 Å². The largest absolute Gasteiger partial charge is 0.362 e. The molecule has 1 heterocycles. The van der Waals surface area contributed by atoms with Crippen molar-refractivity contribution in [1.29, 1.82) is 0 Å². The predicted octanol–water partition coefficient (Wildman–Crippen LogP) is 3.92. The lowest BCUT2D eigenvalue weighted by molar-refractivity contribution is 0.392. The molecule has 0 bridgehead atoms. The first kappa shape index (κ1) is 14.9. The van der Waals surface area contributed by atoms with Gasteiger partial charge in [-0.05, 0) is 25.2 Å². The van der Waals surface area contributed by atoms with Gasteiger partial charge in [-0.1, -0.05) is 52.3 Å². The fourth-order valence-corrected chi connectivity index (χ4v) is 3.52. The Morgan fingerprint density at radius 1 is 1.29 bits per heavy atom. The Morgan fingerprint density at radius 2 is 1.94 bits per heavy atom. The lowest BCUT2D eigenvalue weighted by Crippen LogP contribution is -2.35. The zero-order valence-corrected chi connectivity index (χ0v) is 12.8. The van der Waals surface area contributed by atoms with Crippen molar-refractivity contribution >= 4 is 16.9 Å². The molecule has 0 saturated carbocycles. The van der Waals surface area contributed by atoms with Gasteiger partial charge >= 0.3 is 0 Å². The summed E-state index contributed by atoms with van der Waals surface area (Å²) in [5.41, 5.74) is 0. The summed E-state index contributed by atoms with van der Waals surface area (Å²) in [5, 5.41) is 4.77. The molecule has 0 fully saturated rings. The zero-order chi connectivity index (χ0) is 12.8. The van der Waals surface area contributed by atoms with Gasteiger partial charge in [0, 0.05) is 11.8 Å². The molecule has 0 radical (unpaired) electrons. The molecule has 17 heavy (non-hydrogen) atoms. The van der Waals surface area contributed by atoms with Crippen LogP contribution >= 0.6 is 11.8 Å². The topological polar surface area (TPSA) is 24.4 Å². The van der Waals surface area contributed by atoms with Crippen molar-refractivity contribution in [2.45, 2.75) is 66.0 Å². The highest BCUT2D eigenvalue weighted by molar-refractivity contribution is 8.14. The smallest absolute Gasteiger partial charge is 0.157 e. The first-order chi connectivity index (χ1) is 8.06. The van der Waals surface area contributed by atoms with Crippen molar-refractivity contribution in [3.8, 4) is 0 Å². The molecule has 0 amide bonds. The Labute approximate surface area is 111 Å². The molecule has 2 atom stereocenters. The number of amidine groups is 1. The normalized spacial score (nSPS) is 22.1. The second-order valence-electron chi connectivity index (χ2n) is 5.54.